The Labute approximate surface area is 134 Å². The third-order valence-electron chi connectivity index (χ3n) is 3.17. The predicted octanol–water partition coefficient (Wildman–Crippen LogP) is 4.22. The average molecular weight is 351 g/mol. The smallest absolute Gasteiger partial charge is 0.203 e. The molecule has 0 aliphatic carbocycles. The van der Waals surface area contributed by atoms with Gasteiger partial charge in [-0.1, -0.05) is 52.3 Å². The maximum Gasteiger partial charge on any atom is 0.203 e. The summed E-state index contributed by atoms with van der Waals surface area (Å²) in [5, 5.41) is 0.865. The average Bonchev–Trinajstić information content (AvgIpc) is 2.54. The van der Waals surface area contributed by atoms with E-state index in [1.807, 2.05) is 42.5 Å². The maximum atomic E-state index is 6.01. The first-order chi connectivity index (χ1) is 10.3. The van der Waals surface area contributed by atoms with Crippen LogP contribution in [0.15, 0.2) is 42.5 Å². The van der Waals surface area contributed by atoms with Gasteiger partial charge in [-0.3, -0.25) is 0 Å². The molecule has 2 aromatic rings. The molecule has 4 heteroatoms. The van der Waals surface area contributed by atoms with Gasteiger partial charge in [-0.15, -0.1) is 0 Å². The minimum atomic E-state index is 0.500. The molecule has 0 bridgehead atoms. The Morgan fingerprint density at radius 3 is 2.29 bits per heavy atom. The van der Waals surface area contributed by atoms with Crippen LogP contribution in [0.25, 0.3) is 0 Å². The number of aryl methyl sites for hydroxylation is 1. The highest BCUT2D eigenvalue weighted by Gasteiger charge is 2.16. The number of rotatable bonds is 7. The van der Waals surface area contributed by atoms with Crippen LogP contribution in [0.1, 0.15) is 11.1 Å². The minimum Gasteiger partial charge on any atom is -0.493 e. The second kappa shape index (κ2) is 7.93. The van der Waals surface area contributed by atoms with Crippen molar-refractivity contribution in [2.24, 2.45) is 0 Å². The fraction of sp³-hybridized carbons (Fsp3) is 0.294. The topological polar surface area (TPSA) is 27.7 Å². The van der Waals surface area contributed by atoms with Gasteiger partial charge in [0.2, 0.25) is 5.75 Å². The van der Waals surface area contributed by atoms with Crippen LogP contribution < -0.4 is 14.2 Å². The van der Waals surface area contributed by atoms with E-state index in [4.69, 9.17) is 14.2 Å². The molecular weight excluding hydrogens is 332 g/mol. The van der Waals surface area contributed by atoms with Crippen LogP contribution >= 0.6 is 15.9 Å². The molecule has 0 aliphatic heterocycles. The van der Waals surface area contributed by atoms with Gasteiger partial charge in [-0.25, -0.2) is 0 Å². The molecule has 2 rings (SSSR count). The summed E-state index contributed by atoms with van der Waals surface area (Å²) in [6, 6.07) is 14.0. The van der Waals surface area contributed by atoms with Crippen molar-refractivity contribution in [2.75, 3.05) is 19.5 Å². The molecule has 2 aromatic carbocycles. The van der Waals surface area contributed by atoms with E-state index in [2.05, 4.69) is 15.9 Å². The lowest BCUT2D eigenvalue weighted by Crippen LogP contribution is -2.03. The molecule has 21 heavy (non-hydrogen) atoms. The quantitative estimate of drug-likeness (QED) is 0.699. The molecule has 0 aliphatic rings. The molecule has 0 saturated heterocycles. The molecule has 0 radical (unpaired) electrons. The first-order valence-electron chi connectivity index (χ1n) is 6.76. The highest BCUT2D eigenvalue weighted by atomic mass is 79.9. The number of hydrogen-bond donors (Lipinski definition) is 0. The van der Waals surface area contributed by atoms with Gasteiger partial charge >= 0.3 is 0 Å². The Bertz CT molecular complexity index is 570. The third kappa shape index (κ3) is 3.91. The van der Waals surface area contributed by atoms with Gasteiger partial charge in [-0.2, -0.15) is 0 Å². The highest BCUT2D eigenvalue weighted by molar-refractivity contribution is 9.09. The Morgan fingerprint density at radius 2 is 1.67 bits per heavy atom. The molecule has 3 nitrogen and oxygen atoms in total. The van der Waals surface area contributed by atoms with Crippen LogP contribution in [0.3, 0.4) is 0 Å². The lowest BCUT2D eigenvalue weighted by Gasteiger charge is -2.17. The summed E-state index contributed by atoms with van der Waals surface area (Å²) >= 11 is 3.47. The van der Waals surface area contributed by atoms with Crippen LogP contribution in [0.4, 0.5) is 0 Å². The number of alkyl halides is 1. The summed E-state index contributed by atoms with van der Waals surface area (Å²) in [6.45, 7) is 0.500. The van der Waals surface area contributed by atoms with Crippen LogP contribution in [-0.2, 0) is 13.0 Å². The molecule has 0 fully saturated rings. The first kappa shape index (κ1) is 15.7. The molecule has 0 unspecified atom stereocenters. The Kier molecular flexibility index (Phi) is 5.93. The second-order valence-electron chi connectivity index (χ2n) is 4.50. The molecule has 112 valence electrons. The number of ether oxygens (including phenoxy) is 3. The molecule has 0 spiro atoms. The number of hydrogen-bond acceptors (Lipinski definition) is 3. The standard InChI is InChI=1S/C17H19BrO3/c1-19-15-9-8-14(10-11-18)16(17(15)20-2)21-12-13-6-4-3-5-7-13/h3-9H,10-12H2,1-2H3. The Hall–Kier alpha value is -1.68. The van der Waals surface area contributed by atoms with Gasteiger partial charge < -0.3 is 14.2 Å². The summed E-state index contributed by atoms with van der Waals surface area (Å²) in [5.41, 5.74) is 2.22. The van der Waals surface area contributed by atoms with Gasteiger partial charge in [-0.05, 0) is 23.6 Å². The van der Waals surface area contributed by atoms with E-state index < -0.39 is 0 Å². The predicted molar refractivity (Wildman–Crippen MR) is 87.8 cm³/mol. The molecular formula is C17H19BrO3. The number of methoxy groups -OCH3 is 2. The lowest BCUT2D eigenvalue weighted by molar-refractivity contribution is 0.273. The fourth-order valence-electron chi connectivity index (χ4n) is 2.13. The zero-order valence-corrected chi connectivity index (χ0v) is 13.9. The molecule has 0 heterocycles. The third-order valence-corrected chi connectivity index (χ3v) is 3.57. The van der Waals surface area contributed by atoms with E-state index in [1.165, 1.54) is 0 Å². The Balaban J connectivity index is 2.29. The maximum absolute atomic E-state index is 6.01. The van der Waals surface area contributed by atoms with Crippen molar-refractivity contribution < 1.29 is 14.2 Å². The van der Waals surface area contributed by atoms with Crippen molar-refractivity contribution >= 4 is 15.9 Å². The van der Waals surface area contributed by atoms with Crippen LogP contribution in [0, 0.1) is 0 Å². The Morgan fingerprint density at radius 1 is 0.905 bits per heavy atom. The van der Waals surface area contributed by atoms with Gasteiger partial charge in [0.05, 0.1) is 14.2 Å². The van der Waals surface area contributed by atoms with Crippen molar-refractivity contribution in [1.82, 2.24) is 0 Å². The molecule has 0 N–H and O–H groups in total. The van der Waals surface area contributed by atoms with E-state index in [0.717, 1.165) is 28.6 Å². The van der Waals surface area contributed by atoms with Gasteiger partial charge in [0.15, 0.2) is 11.5 Å². The zero-order valence-electron chi connectivity index (χ0n) is 12.3. The van der Waals surface area contributed by atoms with Crippen molar-refractivity contribution in [3.05, 3.63) is 53.6 Å². The van der Waals surface area contributed by atoms with Crippen LogP contribution in [-0.4, -0.2) is 19.5 Å². The summed E-state index contributed by atoms with van der Waals surface area (Å²) < 4.78 is 16.8. The van der Waals surface area contributed by atoms with Crippen LogP contribution in [0.2, 0.25) is 0 Å². The van der Waals surface area contributed by atoms with E-state index >= 15 is 0 Å². The first-order valence-corrected chi connectivity index (χ1v) is 7.88. The summed E-state index contributed by atoms with van der Waals surface area (Å²) in [6.07, 6.45) is 0.866. The molecule has 0 aromatic heterocycles. The second-order valence-corrected chi connectivity index (χ2v) is 5.30. The SMILES string of the molecule is COc1ccc(CCBr)c(OCc2ccccc2)c1OC. The summed E-state index contributed by atoms with van der Waals surface area (Å²) in [7, 11) is 3.26. The van der Waals surface area contributed by atoms with Crippen molar-refractivity contribution in [2.45, 2.75) is 13.0 Å². The van der Waals surface area contributed by atoms with Gasteiger partial charge in [0, 0.05) is 5.33 Å². The summed E-state index contributed by atoms with van der Waals surface area (Å²) in [4.78, 5) is 0. The minimum absolute atomic E-state index is 0.500. The van der Waals surface area contributed by atoms with E-state index in [9.17, 15) is 0 Å². The number of halogens is 1. The molecule has 0 saturated carbocycles. The highest BCUT2D eigenvalue weighted by Crippen LogP contribution is 2.40. The lowest BCUT2D eigenvalue weighted by atomic mass is 10.1. The largest absolute Gasteiger partial charge is 0.493 e. The van der Waals surface area contributed by atoms with Gasteiger partial charge in [0.1, 0.15) is 6.61 Å². The zero-order chi connectivity index (χ0) is 15.1. The van der Waals surface area contributed by atoms with Crippen LogP contribution in [0.5, 0.6) is 17.2 Å². The normalized spacial score (nSPS) is 10.2. The van der Waals surface area contributed by atoms with Crippen molar-refractivity contribution in [3.63, 3.8) is 0 Å². The van der Waals surface area contributed by atoms with E-state index in [-0.39, 0.29) is 0 Å². The summed E-state index contributed by atoms with van der Waals surface area (Å²) in [5.74, 6) is 2.07. The van der Waals surface area contributed by atoms with E-state index in [1.54, 1.807) is 14.2 Å². The molecule has 0 amide bonds. The van der Waals surface area contributed by atoms with Crippen molar-refractivity contribution in [1.29, 1.82) is 0 Å². The molecule has 0 atom stereocenters. The van der Waals surface area contributed by atoms with Crippen molar-refractivity contribution in [3.8, 4) is 17.2 Å². The number of benzene rings is 2. The monoisotopic (exact) mass is 350 g/mol. The van der Waals surface area contributed by atoms with Gasteiger partial charge in [0.25, 0.3) is 0 Å². The van der Waals surface area contributed by atoms with E-state index in [0.29, 0.717) is 18.1 Å². The fourth-order valence-corrected chi connectivity index (χ4v) is 2.55.